The molecule has 1 unspecified atom stereocenters. The van der Waals surface area contributed by atoms with Crippen LogP contribution in [0.25, 0.3) is 0 Å². The lowest BCUT2D eigenvalue weighted by Crippen LogP contribution is -2.39. The third-order valence-electron chi connectivity index (χ3n) is 5.03. The second-order valence-corrected chi connectivity index (χ2v) is 7.33. The summed E-state index contributed by atoms with van der Waals surface area (Å²) in [5, 5.41) is 8.36. The molecule has 0 radical (unpaired) electrons. The van der Waals surface area contributed by atoms with Crippen LogP contribution in [0.3, 0.4) is 0 Å². The molecule has 7 heteroatoms. The van der Waals surface area contributed by atoms with Crippen LogP contribution in [-0.4, -0.2) is 32.1 Å². The van der Waals surface area contributed by atoms with Crippen molar-refractivity contribution in [2.45, 2.75) is 44.7 Å². The summed E-state index contributed by atoms with van der Waals surface area (Å²) in [5.41, 5.74) is 0.409. The highest BCUT2D eigenvalue weighted by atomic mass is 35.5. The number of carbonyl (C=O) groups excluding carboxylic acids is 1. The topological polar surface area (TPSA) is 51.0 Å². The van der Waals surface area contributed by atoms with Gasteiger partial charge in [0.05, 0.1) is 11.1 Å². The van der Waals surface area contributed by atoms with Crippen molar-refractivity contribution in [3.05, 3.63) is 46.8 Å². The van der Waals surface area contributed by atoms with Crippen molar-refractivity contribution in [1.29, 1.82) is 0 Å². The molecule has 0 spiro atoms. The van der Waals surface area contributed by atoms with E-state index in [-0.39, 0.29) is 17.0 Å². The van der Waals surface area contributed by atoms with Gasteiger partial charge in [-0.1, -0.05) is 11.6 Å². The third-order valence-corrected chi connectivity index (χ3v) is 5.32. The first-order chi connectivity index (χ1) is 12.1. The molecule has 1 aromatic carbocycles. The number of hydrogen-bond donors (Lipinski definition) is 0. The van der Waals surface area contributed by atoms with Gasteiger partial charge in [0.1, 0.15) is 12.1 Å². The minimum atomic E-state index is -0.516. The van der Waals surface area contributed by atoms with Crippen LogP contribution >= 0.6 is 11.6 Å². The number of carbonyl (C=O) groups is 1. The number of benzene rings is 1. The molecule has 0 N–H and O–H groups in total. The number of piperidine rings is 1. The Hall–Kier alpha value is -1.95. The molecular weight excluding hydrogens is 343 g/mol. The van der Waals surface area contributed by atoms with Crippen LogP contribution in [0.15, 0.2) is 24.5 Å². The highest BCUT2D eigenvalue weighted by Crippen LogP contribution is 2.35. The second kappa shape index (κ2) is 6.75. The van der Waals surface area contributed by atoms with Gasteiger partial charge in [-0.05, 0) is 56.2 Å². The van der Waals surface area contributed by atoms with Crippen molar-refractivity contribution in [3.63, 3.8) is 0 Å². The maximum absolute atomic E-state index is 13.4. The van der Waals surface area contributed by atoms with Gasteiger partial charge >= 0.3 is 0 Å². The zero-order valence-electron chi connectivity index (χ0n) is 13.9. The van der Waals surface area contributed by atoms with Crippen molar-refractivity contribution in [1.82, 2.24) is 19.7 Å². The molecule has 25 heavy (non-hydrogen) atoms. The highest BCUT2D eigenvalue weighted by molar-refractivity contribution is 6.31. The molecule has 1 aliphatic heterocycles. The summed E-state index contributed by atoms with van der Waals surface area (Å²) >= 11 is 5.85. The van der Waals surface area contributed by atoms with Crippen LogP contribution in [0.5, 0.6) is 0 Å². The molecule has 4 rings (SSSR count). The summed E-state index contributed by atoms with van der Waals surface area (Å²) in [7, 11) is 0. The second-order valence-electron chi connectivity index (χ2n) is 6.92. The van der Waals surface area contributed by atoms with Gasteiger partial charge in [-0.3, -0.25) is 4.79 Å². The van der Waals surface area contributed by atoms with Crippen molar-refractivity contribution in [2.24, 2.45) is 5.92 Å². The van der Waals surface area contributed by atoms with E-state index in [1.54, 1.807) is 6.33 Å². The Morgan fingerprint density at radius 1 is 1.28 bits per heavy atom. The molecule has 132 valence electrons. The standard InChI is InChI=1S/C18H20ClFN4O/c19-14-9-13(6-7-15(14)20)18(25)24-8-2-1-3-16(24)17-22-21-11-23(17)10-12-4-5-12/h6-7,9,11-12,16H,1-5,8,10H2. The minimum absolute atomic E-state index is 0.0312. The van der Waals surface area contributed by atoms with Gasteiger partial charge in [0.15, 0.2) is 5.82 Å². The van der Waals surface area contributed by atoms with Crippen molar-refractivity contribution in [3.8, 4) is 0 Å². The van der Waals surface area contributed by atoms with E-state index in [4.69, 9.17) is 11.6 Å². The molecule has 1 aromatic heterocycles. The number of aromatic nitrogens is 3. The van der Waals surface area contributed by atoms with Gasteiger partial charge in [-0.2, -0.15) is 0 Å². The van der Waals surface area contributed by atoms with Gasteiger partial charge in [-0.25, -0.2) is 4.39 Å². The molecule has 2 aliphatic rings. The average molecular weight is 363 g/mol. The largest absolute Gasteiger partial charge is 0.328 e. The Morgan fingerprint density at radius 2 is 2.12 bits per heavy atom. The summed E-state index contributed by atoms with van der Waals surface area (Å²) in [6, 6.07) is 4.04. The maximum Gasteiger partial charge on any atom is 0.254 e. The van der Waals surface area contributed by atoms with Crippen molar-refractivity contribution in [2.75, 3.05) is 6.54 Å². The normalized spacial score (nSPS) is 20.7. The zero-order chi connectivity index (χ0) is 17.4. The van der Waals surface area contributed by atoms with E-state index in [1.165, 1.54) is 31.0 Å². The van der Waals surface area contributed by atoms with E-state index in [0.717, 1.165) is 31.6 Å². The maximum atomic E-state index is 13.4. The number of rotatable bonds is 4. The molecule has 2 aromatic rings. The molecule has 1 amide bonds. The first-order valence-corrected chi connectivity index (χ1v) is 9.15. The number of hydrogen-bond acceptors (Lipinski definition) is 3. The smallest absolute Gasteiger partial charge is 0.254 e. The summed E-state index contributed by atoms with van der Waals surface area (Å²) in [4.78, 5) is 14.8. The summed E-state index contributed by atoms with van der Waals surface area (Å²) in [6.07, 6.45) is 7.13. The van der Waals surface area contributed by atoms with Crippen LogP contribution in [0.4, 0.5) is 4.39 Å². The van der Waals surface area contributed by atoms with Crippen LogP contribution in [-0.2, 0) is 6.54 Å². The number of nitrogens with zero attached hydrogens (tertiary/aromatic N) is 4. The Morgan fingerprint density at radius 3 is 2.88 bits per heavy atom. The average Bonchev–Trinajstić information content (AvgIpc) is 3.32. The predicted octanol–water partition coefficient (Wildman–Crippen LogP) is 3.85. The summed E-state index contributed by atoms with van der Waals surface area (Å²) in [6.45, 7) is 1.58. The minimum Gasteiger partial charge on any atom is -0.328 e. The van der Waals surface area contributed by atoms with Gasteiger partial charge in [-0.15, -0.1) is 10.2 Å². The lowest BCUT2D eigenvalue weighted by atomic mass is 10.00. The lowest BCUT2D eigenvalue weighted by molar-refractivity contribution is 0.0594. The fourth-order valence-electron chi connectivity index (χ4n) is 3.48. The predicted molar refractivity (Wildman–Crippen MR) is 91.8 cm³/mol. The van der Waals surface area contributed by atoms with E-state index >= 15 is 0 Å². The van der Waals surface area contributed by atoms with Crippen LogP contribution in [0.1, 0.15) is 54.3 Å². The first-order valence-electron chi connectivity index (χ1n) is 8.77. The van der Waals surface area contributed by atoms with Gasteiger partial charge in [0, 0.05) is 18.7 Å². The highest BCUT2D eigenvalue weighted by Gasteiger charge is 2.33. The molecule has 1 aliphatic carbocycles. The van der Waals surface area contributed by atoms with Crippen LogP contribution in [0.2, 0.25) is 5.02 Å². The number of likely N-dealkylation sites (tertiary alicyclic amines) is 1. The number of amides is 1. The first kappa shape index (κ1) is 16.5. The van der Waals surface area contributed by atoms with Gasteiger partial charge < -0.3 is 9.47 Å². The van der Waals surface area contributed by atoms with E-state index in [1.807, 2.05) is 4.90 Å². The SMILES string of the molecule is O=C(c1ccc(F)c(Cl)c1)N1CCCCC1c1nncn1CC1CC1. The van der Waals surface area contributed by atoms with Gasteiger partial charge in [0.25, 0.3) is 5.91 Å². The van der Waals surface area contributed by atoms with E-state index in [0.29, 0.717) is 18.0 Å². The molecule has 1 saturated heterocycles. The molecule has 2 fully saturated rings. The Bertz CT molecular complexity index is 789. The zero-order valence-corrected chi connectivity index (χ0v) is 14.6. The molecule has 1 saturated carbocycles. The van der Waals surface area contributed by atoms with E-state index in [2.05, 4.69) is 14.8 Å². The Labute approximate surface area is 150 Å². The molecule has 1 atom stereocenters. The fraction of sp³-hybridized carbons (Fsp3) is 0.500. The molecule has 2 heterocycles. The third kappa shape index (κ3) is 3.40. The van der Waals surface area contributed by atoms with E-state index < -0.39 is 5.82 Å². The molecule has 5 nitrogen and oxygen atoms in total. The van der Waals surface area contributed by atoms with Crippen molar-refractivity contribution < 1.29 is 9.18 Å². The monoisotopic (exact) mass is 362 g/mol. The van der Waals surface area contributed by atoms with Crippen LogP contribution < -0.4 is 0 Å². The van der Waals surface area contributed by atoms with Gasteiger partial charge in [0.2, 0.25) is 0 Å². The summed E-state index contributed by atoms with van der Waals surface area (Å²) < 4.78 is 15.5. The number of halogens is 2. The molecular formula is C18H20ClFN4O. The Kier molecular flexibility index (Phi) is 4.46. The summed E-state index contributed by atoms with van der Waals surface area (Å²) in [5.74, 6) is 0.914. The van der Waals surface area contributed by atoms with Crippen LogP contribution in [0, 0.1) is 11.7 Å². The molecule has 0 bridgehead atoms. The Balaban J connectivity index is 1.61. The quantitative estimate of drug-likeness (QED) is 0.830. The lowest BCUT2D eigenvalue weighted by Gasteiger charge is -2.35. The van der Waals surface area contributed by atoms with Crippen molar-refractivity contribution >= 4 is 17.5 Å². The fourth-order valence-corrected chi connectivity index (χ4v) is 3.66. The van der Waals surface area contributed by atoms with E-state index in [9.17, 15) is 9.18 Å².